The highest BCUT2D eigenvalue weighted by atomic mass is 79.9. The second-order valence-corrected chi connectivity index (χ2v) is 6.21. The van der Waals surface area contributed by atoms with Crippen molar-refractivity contribution >= 4 is 15.9 Å². The van der Waals surface area contributed by atoms with Crippen molar-refractivity contribution in [3.63, 3.8) is 0 Å². The Morgan fingerprint density at radius 2 is 2.10 bits per heavy atom. The van der Waals surface area contributed by atoms with Gasteiger partial charge >= 0.3 is 0 Å². The summed E-state index contributed by atoms with van der Waals surface area (Å²) >= 11 is 3.23. The van der Waals surface area contributed by atoms with Gasteiger partial charge < -0.3 is 9.84 Å². The van der Waals surface area contributed by atoms with E-state index < -0.39 is 6.10 Å². The van der Waals surface area contributed by atoms with Crippen molar-refractivity contribution in [1.82, 2.24) is 0 Å². The standard InChI is InChI=1S/C17H16BrFO2/c18-13-6-4-12(16(19)8-13)10-21-14-7-5-11-2-1-3-17(20)15(11)9-14/h4-9,17,20H,1-3,10H2/t17-/m1/s1. The lowest BCUT2D eigenvalue weighted by molar-refractivity contribution is 0.156. The zero-order chi connectivity index (χ0) is 14.8. The van der Waals surface area contributed by atoms with Crippen molar-refractivity contribution in [2.75, 3.05) is 0 Å². The maximum Gasteiger partial charge on any atom is 0.130 e. The van der Waals surface area contributed by atoms with Crippen LogP contribution in [0.4, 0.5) is 4.39 Å². The fourth-order valence-corrected chi connectivity index (χ4v) is 2.98. The molecule has 1 N–H and O–H groups in total. The summed E-state index contributed by atoms with van der Waals surface area (Å²) in [4.78, 5) is 0. The van der Waals surface area contributed by atoms with Crippen LogP contribution in [-0.4, -0.2) is 5.11 Å². The Hall–Kier alpha value is -1.39. The minimum Gasteiger partial charge on any atom is -0.489 e. The second kappa shape index (κ2) is 6.16. The molecule has 1 aliphatic carbocycles. The van der Waals surface area contributed by atoms with E-state index >= 15 is 0 Å². The fraction of sp³-hybridized carbons (Fsp3) is 0.294. The summed E-state index contributed by atoms with van der Waals surface area (Å²) in [5.74, 6) is 0.374. The predicted octanol–water partition coefficient (Wildman–Crippen LogP) is 4.54. The number of rotatable bonds is 3. The Morgan fingerprint density at radius 1 is 1.24 bits per heavy atom. The van der Waals surface area contributed by atoms with Gasteiger partial charge in [0.25, 0.3) is 0 Å². The molecule has 0 heterocycles. The summed E-state index contributed by atoms with van der Waals surface area (Å²) in [5, 5.41) is 10.0. The number of halogens is 2. The van der Waals surface area contributed by atoms with Crippen LogP contribution in [0.5, 0.6) is 5.75 Å². The molecule has 1 atom stereocenters. The molecule has 2 nitrogen and oxygen atoms in total. The lowest BCUT2D eigenvalue weighted by atomic mass is 9.89. The molecule has 2 aromatic rings. The summed E-state index contributed by atoms with van der Waals surface area (Å²) in [7, 11) is 0. The zero-order valence-corrected chi connectivity index (χ0v) is 13.1. The fourth-order valence-electron chi connectivity index (χ4n) is 2.64. The summed E-state index contributed by atoms with van der Waals surface area (Å²) in [5.41, 5.74) is 2.63. The minimum atomic E-state index is -0.415. The van der Waals surface area contributed by atoms with Gasteiger partial charge in [-0.3, -0.25) is 0 Å². The Bertz CT molecular complexity index is 657. The maximum absolute atomic E-state index is 13.7. The molecule has 110 valence electrons. The topological polar surface area (TPSA) is 29.5 Å². The highest BCUT2D eigenvalue weighted by molar-refractivity contribution is 9.10. The first-order valence-corrected chi connectivity index (χ1v) is 7.80. The van der Waals surface area contributed by atoms with Crippen molar-refractivity contribution in [1.29, 1.82) is 0 Å². The molecule has 21 heavy (non-hydrogen) atoms. The normalized spacial score (nSPS) is 17.4. The number of fused-ring (bicyclic) bond motifs is 1. The Morgan fingerprint density at radius 3 is 2.90 bits per heavy atom. The number of aliphatic hydroxyl groups is 1. The van der Waals surface area contributed by atoms with Crippen molar-refractivity contribution in [3.8, 4) is 5.75 Å². The monoisotopic (exact) mass is 350 g/mol. The van der Waals surface area contributed by atoms with E-state index in [1.54, 1.807) is 12.1 Å². The SMILES string of the molecule is O[C@@H]1CCCc2ccc(OCc3ccc(Br)cc3F)cc21. The van der Waals surface area contributed by atoms with Crippen molar-refractivity contribution in [3.05, 3.63) is 63.4 Å². The van der Waals surface area contributed by atoms with Crippen LogP contribution in [0.3, 0.4) is 0 Å². The minimum absolute atomic E-state index is 0.175. The molecule has 0 radical (unpaired) electrons. The summed E-state index contributed by atoms with van der Waals surface area (Å²) in [6.45, 7) is 0.175. The van der Waals surface area contributed by atoms with Crippen LogP contribution in [0.15, 0.2) is 40.9 Å². The van der Waals surface area contributed by atoms with Gasteiger partial charge in [0, 0.05) is 10.0 Å². The first-order chi connectivity index (χ1) is 10.1. The van der Waals surface area contributed by atoms with Gasteiger partial charge in [-0.2, -0.15) is 0 Å². The molecule has 0 fully saturated rings. The van der Waals surface area contributed by atoms with E-state index in [-0.39, 0.29) is 12.4 Å². The molecule has 3 rings (SSSR count). The highest BCUT2D eigenvalue weighted by Crippen LogP contribution is 2.32. The van der Waals surface area contributed by atoms with E-state index in [1.807, 2.05) is 18.2 Å². The number of hydrogen-bond donors (Lipinski definition) is 1. The van der Waals surface area contributed by atoms with E-state index in [9.17, 15) is 9.50 Å². The van der Waals surface area contributed by atoms with Crippen LogP contribution < -0.4 is 4.74 Å². The number of benzene rings is 2. The lowest BCUT2D eigenvalue weighted by Crippen LogP contribution is -2.09. The molecule has 0 saturated carbocycles. The first kappa shape index (κ1) is 14.5. The van der Waals surface area contributed by atoms with E-state index in [1.165, 1.54) is 11.6 Å². The molecular weight excluding hydrogens is 335 g/mol. The third-order valence-corrected chi connectivity index (χ3v) is 4.30. The Balaban J connectivity index is 1.75. The van der Waals surface area contributed by atoms with E-state index in [2.05, 4.69) is 15.9 Å². The second-order valence-electron chi connectivity index (χ2n) is 5.29. The molecule has 0 aromatic heterocycles. The summed E-state index contributed by atoms with van der Waals surface area (Å²) in [6, 6.07) is 10.7. The zero-order valence-electron chi connectivity index (χ0n) is 11.5. The quantitative estimate of drug-likeness (QED) is 0.880. The molecule has 0 unspecified atom stereocenters. The third-order valence-electron chi connectivity index (χ3n) is 3.81. The highest BCUT2D eigenvalue weighted by Gasteiger charge is 2.18. The van der Waals surface area contributed by atoms with Gasteiger partial charge in [0.15, 0.2) is 0 Å². The van der Waals surface area contributed by atoms with Gasteiger partial charge in [0.1, 0.15) is 18.2 Å². The van der Waals surface area contributed by atoms with Crippen LogP contribution in [0, 0.1) is 5.82 Å². The van der Waals surface area contributed by atoms with Crippen LogP contribution in [0.25, 0.3) is 0 Å². The molecule has 2 aromatic carbocycles. The van der Waals surface area contributed by atoms with Gasteiger partial charge in [-0.15, -0.1) is 0 Å². The van der Waals surface area contributed by atoms with Crippen LogP contribution >= 0.6 is 15.9 Å². The first-order valence-electron chi connectivity index (χ1n) is 7.01. The molecule has 0 saturated heterocycles. The average Bonchev–Trinajstić information content (AvgIpc) is 2.47. The Kier molecular flexibility index (Phi) is 4.27. The molecule has 0 spiro atoms. The van der Waals surface area contributed by atoms with Crippen molar-refractivity contribution < 1.29 is 14.2 Å². The van der Waals surface area contributed by atoms with Gasteiger partial charge in [-0.1, -0.05) is 28.1 Å². The number of hydrogen-bond acceptors (Lipinski definition) is 2. The average molecular weight is 351 g/mol. The predicted molar refractivity (Wildman–Crippen MR) is 82.8 cm³/mol. The van der Waals surface area contributed by atoms with E-state index in [4.69, 9.17) is 4.74 Å². The summed E-state index contributed by atoms with van der Waals surface area (Å²) in [6.07, 6.45) is 2.38. The third kappa shape index (κ3) is 3.27. The molecule has 0 aliphatic heterocycles. The lowest BCUT2D eigenvalue weighted by Gasteiger charge is -2.22. The van der Waals surface area contributed by atoms with Crippen molar-refractivity contribution in [2.24, 2.45) is 0 Å². The molecule has 1 aliphatic rings. The van der Waals surface area contributed by atoms with Crippen LogP contribution in [0.1, 0.15) is 35.6 Å². The number of aliphatic hydroxyl groups excluding tert-OH is 1. The van der Waals surface area contributed by atoms with Crippen LogP contribution in [0.2, 0.25) is 0 Å². The summed E-state index contributed by atoms with van der Waals surface area (Å²) < 4.78 is 20.1. The Labute approximate surface area is 131 Å². The van der Waals surface area contributed by atoms with Crippen molar-refractivity contribution in [2.45, 2.75) is 32.0 Å². The van der Waals surface area contributed by atoms with Gasteiger partial charge in [0.05, 0.1) is 6.10 Å². The molecular formula is C17H16BrFO2. The van der Waals surface area contributed by atoms with E-state index in [0.717, 1.165) is 24.8 Å². The molecule has 0 bridgehead atoms. The smallest absolute Gasteiger partial charge is 0.130 e. The number of ether oxygens (including phenoxy) is 1. The number of aryl methyl sites for hydroxylation is 1. The molecule has 0 amide bonds. The largest absolute Gasteiger partial charge is 0.489 e. The van der Waals surface area contributed by atoms with Gasteiger partial charge in [-0.25, -0.2) is 4.39 Å². The maximum atomic E-state index is 13.7. The molecule has 4 heteroatoms. The van der Waals surface area contributed by atoms with Crippen LogP contribution in [-0.2, 0) is 13.0 Å². The van der Waals surface area contributed by atoms with Gasteiger partial charge in [-0.05, 0) is 54.7 Å². The van der Waals surface area contributed by atoms with Gasteiger partial charge in [0.2, 0.25) is 0 Å². The van der Waals surface area contributed by atoms with E-state index in [0.29, 0.717) is 15.8 Å².